The van der Waals surface area contributed by atoms with Gasteiger partial charge in [-0.15, -0.1) is 0 Å². The number of benzene rings is 8. The number of para-hydroxylation sites is 1. The number of hydrogen-bond acceptors (Lipinski definition) is 4. The normalized spacial score (nSPS) is 13.8. The molecule has 0 radical (unpaired) electrons. The topological polar surface area (TPSA) is 56.2 Å². The summed E-state index contributed by atoms with van der Waals surface area (Å²) in [6.45, 7) is 7.65. The van der Waals surface area contributed by atoms with E-state index >= 15 is 0 Å². The Morgan fingerprint density at radius 2 is 0.921 bits per heavy atom. The average Bonchev–Trinajstić information content (AvgIpc) is 3.86. The molecule has 2 heterocycles. The van der Waals surface area contributed by atoms with Crippen LogP contribution in [0.15, 0.2) is 186 Å². The minimum absolute atomic E-state index is 0.0382. The molecular formula is C58H40N4O. The van der Waals surface area contributed by atoms with Gasteiger partial charge in [-0.1, -0.05) is 165 Å². The van der Waals surface area contributed by atoms with Crippen LogP contribution in [0, 0.1) is 6.57 Å². The molecule has 0 N–H and O–H groups in total. The highest BCUT2D eigenvalue weighted by Gasteiger charge is 2.43. The molecule has 0 atom stereocenters. The van der Waals surface area contributed by atoms with Crippen molar-refractivity contribution in [2.24, 2.45) is 0 Å². The first-order chi connectivity index (χ1) is 31.1. The lowest BCUT2D eigenvalue weighted by atomic mass is 9.67. The van der Waals surface area contributed by atoms with Gasteiger partial charge in [-0.2, -0.15) is 0 Å². The lowest BCUT2D eigenvalue weighted by molar-refractivity contribution is 0.353. The van der Waals surface area contributed by atoms with Gasteiger partial charge in [0.05, 0.1) is 6.57 Å². The van der Waals surface area contributed by atoms with E-state index in [1.54, 1.807) is 0 Å². The Hall–Kier alpha value is -7.94. The van der Waals surface area contributed by atoms with Crippen molar-refractivity contribution in [2.75, 3.05) is 0 Å². The molecule has 0 bridgehead atoms. The summed E-state index contributed by atoms with van der Waals surface area (Å²) in [6.07, 6.45) is 6.09. The van der Waals surface area contributed by atoms with Crippen molar-refractivity contribution in [2.45, 2.75) is 37.5 Å². The van der Waals surface area contributed by atoms with Crippen molar-refractivity contribution in [3.05, 3.63) is 205 Å². The fraction of sp³-hybridized carbons (Fsp3) is 0.103. The quantitative estimate of drug-likeness (QED) is 0.157. The van der Waals surface area contributed by atoms with Crippen LogP contribution < -0.4 is 0 Å². The third-order valence-electron chi connectivity index (χ3n) is 13.4. The van der Waals surface area contributed by atoms with Crippen LogP contribution in [0.4, 0.5) is 5.69 Å². The van der Waals surface area contributed by atoms with E-state index in [2.05, 4.69) is 144 Å². The second-order valence-electron chi connectivity index (χ2n) is 17.0. The van der Waals surface area contributed by atoms with E-state index < -0.39 is 0 Å². The van der Waals surface area contributed by atoms with E-state index in [0.29, 0.717) is 23.2 Å². The maximum atomic E-state index is 7.65. The molecule has 2 aliphatic carbocycles. The van der Waals surface area contributed by atoms with Gasteiger partial charge in [0.15, 0.2) is 23.2 Å². The summed E-state index contributed by atoms with van der Waals surface area (Å²) >= 11 is 0. The molecule has 0 unspecified atom stereocenters. The van der Waals surface area contributed by atoms with E-state index in [1.807, 2.05) is 42.5 Å². The fourth-order valence-electron chi connectivity index (χ4n) is 10.2. The third kappa shape index (κ3) is 6.34. The Morgan fingerprint density at radius 1 is 0.397 bits per heavy atom. The van der Waals surface area contributed by atoms with E-state index in [-0.39, 0.29) is 5.41 Å². The first kappa shape index (κ1) is 36.9. The molecule has 0 aliphatic heterocycles. The lowest BCUT2D eigenvalue weighted by Gasteiger charge is -2.36. The van der Waals surface area contributed by atoms with Gasteiger partial charge < -0.3 is 4.42 Å². The molecule has 8 aromatic carbocycles. The van der Waals surface area contributed by atoms with Crippen LogP contribution in [-0.2, 0) is 5.41 Å². The highest BCUT2D eigenvalue weighted by molar-refractivity contribution is 6.06. The molecule has 10 aromatic rings. The second kappa shape index (κ2) is 14.9. The van der Waals surface area contributed by atoms with Crippen LogP contribution in [0.3, 0.4) is 0 Å². The largest absolute Gasteiger partial charge is 0.456 e. The Morgan fingerprint density at radius 3 is 1.57 bits per heavy atom. The average molecular weight is 809 g/mol. The Bertz CT molecular complexity index is 3410. The summed E-state index contributed by atoms with van der Waals surface area (Å²) in [6, 6.07) is 63.9. The number of aromatic nitrogens is 3. The Kier molecular flexibility index (Phi) is 8.72. The first-order valence-electron chi connectivity index (χ1n) is 21.8. The summed E-state index contributed by atoms with van der Waals surface area (Å²) in [4.78, 5) is 19.0. The van der Waals surface area contributed by atoms with Gasteiger partial charge in [-0.25, -0.2) is 19.8 Å². The zero-order valence-electron chi connectivity index (χ0n) is 34.6. The zero-order valence-corrected chi connectivity index (χ0v) is 34.6. The standard InChI is InChI=1S/C58H40N4O/c1-59-46-28-30-51-49(36-46)47-29-26-44(35-52(47)58(51)32-8-3-9-33-58)41-16-14-39(15-17-41)40-20-24-43(25-21-40)56-60-55(42-22-18-38(19-23-42)37-10-4-2-5-11-37)61-57(62-56)45-27-31-54-50(34-45)48-12-6-7-13-53(48)63-54/h2,4-7,10-31,34-36H,3,8-9,32-33H2. The molecule has 2 aromatic heterocycles. The van der Waals surface area contributed by atoms with Crippen molar-refractivity contribution < 1.29 is 4.42 Å². The van der Waals surface area contributed by atoms with Crippen molar-refractivity contribution in [1.82, 2.24) is 15.0 Å². The highest BCUT2D eigenvalue weighted by Crippen LogP contribution is 2.57. The van der Waals surface area contributed by atoms with Crippen LogP contribution in [0.2, 0.25) is 0 Å². The minimum atomic E-state index is 0.0382. The van der Waals surface area contributed by atoms with Crippen LogP contribution in [0.25, 0.3) is 105 Å². The molecule has 1 saturated carbocycles. The predicted octanol–water partition coefficient (Wildman–Crippen LogP) is 15.6. The number of furan rings is 1. The molecule has 2 aliphatic rings. The summed E-state index contributed by atoms with van der Waals surface area (Å²) < 4.78 is 6.15. The minimum Gasteiger partial charge on any atom is -0.456 e. The predicted molar refractivity (Wildman–Crippen MR) is 255 cm³/mol. The van der Waals surface area contributed by atoms with Crippen molar-refractivity contribution in [3.63, 3.8) is 0 Å². The molecule has 1 fully saturated rings. The van der Waals surface area contributed by atoms with Crippen molar-refractivity contribution in [3.8, 4) is 78.7 Å². The van der Waals surface area contributed by atoms with Crippen molar-refractivity contribution in [1.29, 1.82) is 0 Å². The molecule has 0 amide bonds. The molecule has 5 heteroatoms. The van der Waals surface area contributed by atoms with Crippen LogP contribution in [0.5, 0.6) is 0 Å². The molecule has 12 rings (SSSR count). The lowest BCUT2D eigenvalue weighted by Crippen LogP contribution is -2.28. The highest BCUT2D eigenvalue weighted by atomic mass is 16.3. The first-order valence-corrected chi connectivity index (χ1v) is 21.8. The number of fused-ring (bicyclic) bond motifs is 8. The van der Waals surface area contributed by atoms with Crippen LogP contribution in [-0.4, -0.2) is 15.0 Å². The van der Waals surface area contributed by atoms with Gasteiger partial charge >= 0.3 is 0 Å². The number of hydrogen-bond donors (Lipinski definition) is 0. The summed E-state index contributed by atoms with van der Waals surface area (Å²) in [5, 5.41) is 2.09. The smallest absolute Gasteiger partial charge is 0.187 e. The number of nitrogens with zero attached hydrogens (tertiary/aromatic N) is 4. The van der Waals surface area contributed by atoms with E-state index in [9.17, 15) is 0 Å². The van der Waals surface area contributed by atoms with E-state index in [0.717, 1.165) is 73.7 Å². The summed E-state index contributed by atoms with van der Waals surface area (Å²) in [7, 11) is 0. The second-order valence-corrected chi connectivity index (χ2v) is 17.0. The molecular weight excluding hydrogens is 769 g/mol. The molecule has 0 saturated heterocycles. The fourth-order valence-corrected chi connectivity index (χ4v) is 10.2. The van der Waals surface area contributed by atoms with E-state index in [1.165, 1.54) is 52.6 Å². The monoisotopic (exact) mass is 808 g/mol. The maximum Gasteiger partial charge on any atom is 0.187 e. The van der Waals surface area contributed by atoms with Crippen LogP contribution in [0.1, 0.15) is 43.2 Å². The Balaban J connectivity index is 0.873. The molecule has 5 nitrogen and oxygen atoms in total. The third-order valence-corrected chi connectivity index (χ3v) is 13.4. The van der Waals surface area contributed by atoms with Crippen molar-refractivity contribution >= 4 is 27.6 Å². The molecule has 298 valence electrons. The molecule has 1 spiro atoms. The Labute approximate surface area is 366 Å². The number of rotatable bonds is 6. The summed E-state index contributed by atoms with van der Waals surface area (Å²) in [5.74, 6) is 1.83. The SMILES string of the molecule is [C-]#[N+]c1ccc2c(c1)-c1ccc(-c3ccc(-c4ccc(-c5nc(-c6ccc(-c7ccccc7)cc6)nc(-c6ccc7oc8ccccc8c7c6)n5)cc4)cc3)cc1C21CCCCC1. The zero-order chi connectivity index (χ0) is 41.9. The summed E-state index contributed by atoms with van der Waals surface area (Å²) in [5.41, 5.74) is 17.5. The van der Waals surface area contributed by atoms with Crippen LogP contribution >= 0.6 is 0 Å². The van der Waals surface area contributed by atoms with Gasteiger partial charge in [0.2, 0.25) is 0 Å². The van der Waals surface area contributed by atoms with Gasteiger partial charge in [0.25, 0.3) is 0 Å². The molecule has 63 heavy (non-hydrogen) atoms. The van der Waals surface area contributed by atoms with E-state index in [4.69, 9.17) is 25.9 Å². The van der Waals surface area contributed by atoms with Gasteiger partial charge in [0, 0.05) is 32.9 Å². The van der Waals surface area contributed by atoms with Gasteiger partial charge in [-0.3, -0.25) is 0 Å². The van der Waals surface area contributed by atoms with Gasteiger partial charge in [-0.05, 0) is 105 Å². The maximum absolute atomic E-state index is 7.65. The van der Waals surface area contributed by atoms with Gasteiger partial charge in [0.1, 0.15) is 11.2 Å².